The summed E-state index contributed by atoms with van der Waals surface area (Å²) in [6, 6.07) is 7.86. The Morgan fingerprint density at radius 2 is 1.88 bits per heavy atom. The van der Waals surface area contributed by atoms with E-state index in [1.165, 1.54) is 0 Å². The second kappa shape index (κ2) is 6.35. The van der Waals surface area contributed by atoms with Gasteiger partial charge in [-0.3, -0.25) is 14.4 Å². The highest BCUT2D eigenvalue weighted by Gasteiger charge is 2.44. The molecule has 0 aliphatic heterocycles. The van der Waals surface area contributed by atoms with E-state index in [0.29, 0.717) is 5.69 Å². The van der Waals surface area contributed by atoms with Crippen molar-refractivity contribution in [1.29, 1.82) is 0 Å². The summed E-state index contributed by atoms with van der Waals surface area (Å²) in [6.45, 7) is 4.48. The van der Waals surface area contributed by atoms with Crippen LogP contribution in [0.2, 0.25) is 0 Å². The lowest BCUT2D eigenvalue weighted by Gasteiger charge is -2.31. The lowest BCUT2D eigenvalue weighted by molar-refractivity contribution is -0.426. The van der Waals surface area contributed by atoms with E-state index in [9.17, 15) is 22.9 Å². The topological polar surface area (TPSA) is 80.5 Å². The van der Waals surface area contributed by atoms with Crippen LogP contribution in [0.1, 0.15) is 20.8 Å². The summed E-state index contributed by atoms with van der Waals surface area (Å²) < 4.78 is 41.3. The van der Waals surface area contributed by atoms with Crippen molar-refractivity contribution in [2.45, 2.75) is 37.7 Å². The van der Waals surface area contributed by atoms with Gasteiger partial charge in [0.05, 0.1) is 10.6 Å². The minimum Gasteiger partial charge on any atom is -0.267 e. The number of hydrogen-bond acceptors (Lipinski definition) is 4. The summed E-state index contributed by atoms with van der Waals surface area (Å²) in [4.78, 5) is 10.4. The minimum atomic E-state index is -4.15. The number of anilines is 1. The maximum atomic E-state index is 14.0. The highest BCUT2D eigenvalue weighted by Crippen LogP contribution is 2.32. The molecule has 0 aromatic heterocycles. The van der Waals surface area contributed by atoms with Crippen LogP contribution in [0.25, 0.3) is 0 Å². The van der Waals surface area contributed by atoms with Gasteiger partial charge >= 0.3 is 0 Å². The molecular weight excluding hydrogens is 335 g/mol. The van der Waals surface area contributed by atoms with E-state index in [1.807, 2.05) is 0 Å². The molecule has 0 N–H and O–H groups in total. The van der Waals surface area contributed by atoms with Gasteiger partial charge in [0.1, 0.15) is 0 Å². The Morgan fingerprint density at radius 1 is 1.29 bits per heavy atom. The first kappa shape index (κ1) is 18.1. The average molecular weight is 354 g/mol. The monoisotopic (exact) mass is 354 g/mol. The van der Waals surface area contributed by atoms with Crippen molar-refractivity contribution in [1.82, 2.24) is 0 Å². The van der Waals surface area contributed by atoms with Crippen LogP contribution < -0.4 is 4.31 Å². The summed E-state index contributed by atoms with van der Waals surface area (Å²) in [6.07, 6.45) is 2.83. The Bertz CT molecular complexity index is 786. The van der Waals surface area contributed by atoms with Crippen molar-refractivity contribution >= 4 is 15.7 Å². The fourth-order valence-corrected chi connectivity index (χ4v) is 4.62. The molecule has 2 rings (SSSR count). The molecule has 24 heavy (non-hydrogen) atoms. The van der Waals surface area contributed by atoms with E-state index >= 15 is 0 Å². The molecule has 0 radical (unpaired) electrons. The zero-order valence-corrected chi connectivity index (χ0v) is 14.4. The van der Waals surface area contributed by atoms with Gasteiger partial charge in [0.2, 0.25) is 0 Å². The molecule has 8 heteroatoms. The summed E-state index contributed by atoms with van der Waals surface area (Å²) in [5.41, 5.74) is -2.33. The van der Waals surface area contributed by atoms with Gasteiger partial charge in [0, 0.05) is 12.1 Å². The molecule has 130 valence electrons. The normalized spacial score (nSPS) is 23.9. The number of sulfonamides is 1. The van der Waals surface area contributed by atoms with Gasteiger partial charge < -0.3 is 0 Å². The third-order valence-electron chi connectivity index (χ3n) is 3.60. The second-order valence-electron chi connectivity index (χ2n) is 6.03. The van der Waals surface area contributed by atoms with Crippen LogP contribution in [0, 0.1) is 10.1 Å². The number of halogens is 1. The van der Waals surface area contributed by atoms with Crippen LogP contribution in [0.15, 0.2) is 54.3 Å². The molecule has 6 nitrogen and oxygen atoms in total. The van der Waals surface area contributed by atoms with Crippen LogP contribution in [0.4, 0.5) is 10.1 Å². The first-order valence-corrected chi connectivity index (χ1v) is 8.90. The summed E-state index contributed by atoms with van der Waals surface area (Å²) in [5, 5.41) is 9.74. The van der Waals surface area contributed by atoms with Crippen LogP contribution in [-0.2, 0) is 10.0 Å². The van der Waals surface area contributed by atoms with Gasteiger partial charge in [0.25, 0.3) is 15.7 Å². The highest BCUT2D eigenvalue weighted by molar-refractivity contribution is 7.93. The van der Waals surface area contributed by atoms with E-state index in [4.69, 9.17) is 0 Å². The number of alkyl halides is 1. The molecule has 0 fully saturated rings. The Balaban J connectivity index is 2.55. The summed E-state index contributed by atoms with van der Waals surface area (Å²) >= 11 is 0. The number of hydrogen-bond donors (Lipinski definition) is 0. The molecule has 0 saturated carbocycles. The maximum Gasteiger partial charge on any atom is 0.269 e. The number of rotatable bonds is 5. The van der Waals surface area contributed by atoms with Crippen LogP contribution in [-0.4, -0.2) is 30.3 Å². The predicted octanol–water partition coefficient (Wildman–Crippen LogP) is 3.06. The number of benzene rings is 1. The number of nitro groups is 1. The molecule has 0 heterocycles. The molecule has 0 amide bonds. The fraction of sp³-hybridized carbons (Fsp3) is 0.375. The zero-order valence-electron chi connectivity index (χ0n) is 13.6. The molecule has 1 aliphatic rings. The highest BCUT2D eigenvalue weighted by atomic mass is 32.2. The van der Waals surface area contributed by atoms with Gasteiger partial charge in [-0.05, 0) is 39.0 Å². The minimum absolute atomic E-state index is 0.400. The first-order valence-electron chi connectivity index (χ1n) is 7.40. The number of allylic oxidation sites excluding steroid dienone is 2. The quantitative estimate of drug-likeness (QED) is 0.462. The third kappa shape index (κ3) is 3.48. The van der Waals surface area contributed by atoms with Crippen molar-refractivity contribution in [3.05, 3.63) is 64.4 Å². The largest absolute Gasteiger partial charge is 0.269 e. The fourth-order valence-electron chi connectivity index (χ4n) is 2.64. The molecule has 0 bridgehead atoms. The standard InChI is InChI=1S/C16H19FN2O4S/c1-12(2)18(13-7-5-4-6-8-13)24(22,23)15-9-10-16(3,17)11-14(15)19(20)21/h4-12,15H,1-3H3. The van der Waals surface area contributed by atoms with E-state index in [0.717, 1.165) is 29.5 Å². The number of nitrogens with zero attached hydrogens (tertiary/aromatic N) is 2. The van der Waals surface area contributed by atoms with Crippen molar-refractivity contribution in [3.63, 3.8) is 0 Å². The molecular formula is C16H19FN2O4S. The van der Waals surface area contributed by atoms with Crippen molar-refractivity contribution < 1.29 is 17.7 Å². The molecule has 2 atom stereocenters. The van der Waals surface area contributed by atoms with Gasteiger partial charge in [-0.2, -0.15) is 0 Å². The Labute approximate surface area is 140 Å². The van der Waals surface area contributed by atoms with Crippen molar-refractivity contribution in [2.24, 2.45) is 0 Å². The van der Waals surface area contributed by atoms with E-state index in [1.54, 1.807) is 44.2 Å². The Morgan fingerprint density at radius 3 is 2.38 bits per heavy atom. The Kier molecular flexibility index (Phi) is 4.80. The third-order valence-corrected chi connectivity index (χ3v) is 5.83. The SMILES string of the molecule is CC(C)N(c1ccccc1)S(=O)(=O)C1C=CC(C)(F)C=C1[N+](=O)[O-]. The van der Waals surface area contributed by atoms with E-state index in [2.05, 4.69) is 0 Å². The van der Waals surface area contributed by atoms with Gasteiger partial charge in [0.15, 0.2) is 10.9 Å². The molecule has 1 aromatic carbocycles. The molecule has 0 spiro atoms. The number of para-hydroxylation sites is 1. The van der Waals surface area contributed by atoms with Crippen LogP contribution in [0.3, 0.4) is 0 Å². The smallest absolute Gasteiger partial charge is 0.267 e. The van der Waals surface area contributed by atoms with Crippen LogP contribution in [0.5, 0.6) is 0 Å². The lowest BCUT2D eigenvalue weighted by Crippen LogP contribution is -2.45. The van der Waals surface area contributed by atoms with Crippen molar-refractivity contribution in [3.8, 4) is 0 Å². The van der Waals surface area contributed by atoms with Gasteiger partial charge in [-0.1, -0.05) is 24.3 Å². The molecule has 1 aromatic rings. The van der Waals surface area contributed by atoms with E-state index < -0.39 is 37.6 Å². The van der Waals surface area contributed by atoms with E-state index in [-0.39, 0.29) is 0 Å². The van der Waals surface area contributed by atoms with Gasteiger partial charge in [-0.25, -0.2) is 12.8 Å². The molecule has 1 aliphatic carbocycles. The average Bonchev–Trinajstić information content (AvgIpc) is 2.46. The summed E-state index contributed by atoms with van der Waals surface area (Å²) in [7, 11) is -4.15. The summed E-state index contributed by atoms with van der Waals surface area (Å²) in [5.74, 6) is 0. The molecule has 2 unspecified atom stereocenters. The predicted molar refractivity (Wildman–Crippen MR) is 90.5 cm³/mol. The Hall–Kier alpha value is -2.22. The molecule has 0 saturated heterocycles. The second-order valence-corrected chi connectivity index (χ2v) is 7.96. The van der Waals surface area contributed by atoms with Crippen LogP contribution >= 0.6 is 0 Å². The van der Waals surface area contributed by atoms with Gasteiger partial charge in [-0.15, -0.1) is 0 Å². The maximum absolute atomic E-state index is 14.0. The lowest BCUT2D eigenvalue weighted by atomic mass is 10.0. The first-order chi connectivity index (χ1) is 11.1. The zero-order chi connectivity index (χ0) is 18.1. The van der Waals surface area contributed by atoms with Crippen molar-refractivity contribution in [2.75, 3.05) is 4.31 Å².